The molecule has 0 aliphatic carbocycles. The van der Waals surface area contributed by atoms with Crippen molar-refractivity contribution in [3.63, 3.8) is 0 Å². The summed E-state index contributed by atoms with van der Waals surface area (Å²) >= 11 is 0. The number of likely N-dealkylation sites (tertiary alicyclic amines) is 1. The minimum absolute atomic E-state index is 0.0719. The second-order valence-electron chi connectivity index (χ2n) is 6.77. The molecule has 2 aromatic carbocycles. The number of nitrogens with one attached hydrogen (secondary N) is 1. The average Bonchev–Trinajstić information content (AvgIpc) is 3.17. The Bertz CT molecular complexity index is 964. The van der Waals surface area contributed by atoms with Gasteiger partial charge in [-0.1, -0.05) is 6.07 Å². The molecule has 0 radical (unpaired) electrons. The Hall–Kier alpha value is -2.54. The Morgan fingerprint density at radius 2 is 1.74 bits per heavy atom. The van der Waals surface area contributed by atoms with Gasteiger partial charge in [-0.2, -0.15) is 0 Å². The van der Waals surface area contributed by atoms with E-state index in [0.29, 0.717) is 11.3 Å². The van der Waals surface area contributed by atoms with Crippen molar-refractivity contribution in [1.82, 2.24) is 4.90 Å². The number of anilines is 1. The van der Waals surface area contributed by atoms with E-state index in [-0.39, 0.29) is 16.6 Å². The number of nitrogens with zero attached hydrogens (tertiary/aromatic N) is 1. The molecule has 7 heteroatoms. The van der Waals surface area contributed by atoms with E-state index in [1.165, 1.54) is 7.11 Å². The van der Waals surface area contributed by atoms with Gasteiger partial charge in [0.15, 0.2) is 0 Å². The summed E-state index contributed by atoms with van der Waals surface area (Å²) in [6.45, 7) is 5.24. The zero-order chi connectivity index (χ0) is 19.6. The summed E-state index contributed by atoms with van der Waals surface area (Å²) in [5, 5.41) is 0. The Labute approximate surface area is 160 Å². The van der Waals surface area contributed by atoms with Crippen molar-refractivity contribution in [1.29, 1.82) is 0 Å². The van der Waals surface area contributed by atoms with Gasteiger partial charge in [-0.15, -0.1) is 0 Å². The van der Waals surface area contributed by atoms with Gasteiger partial charge in [-0.05, 0) is 68.1 Å². The molecule has 1 fully saturated rings. The zero-order valence-electron chi connectivity index (χ0n) is 15.8. The van der Waals surface area contributed by atoms with Crippen LogP contribution in [0.5, 0.6) is 5.75 Å². The summed E-state index contributed by atoms with van der Waals surface area (Å²) in [7, 11) is -2.41. The number of rotatable bonds is 5. The first-order valence-electron chi connectivity index (χ1n) is 8.89. The highest BCUT2D eigenvalue weighted by Gasteiger charge is 2.23. The number of methoxy groups -OCH3 is 1. The molecule has 0 saturated carbocycles. The van der Waals surface area contributed by atoms with Crippen LogP contribution in [0.25, 0.3) is 0 Å². The molecule has 0 unspecified atom stereocenters. The Morgan fingerprint density at radius 1 is 1.07 bits per heavy atom. The van der Waals surface area contributed by atoms with E-state index in [1.54, 1.807) is 41.3 Å². The van der Waals surface area contributed by atoms with Crippen LogP contribution in [-0.2, 0) is 10.0 Å². The van der Waals surface area contributed by atoms with Crippen molar-refractivity contribution < 1.29 is 17.9 Å². The van der Waals surface area contributed by atoms with Gasteiger partial charge in [0.05, 0.1) is 7.11 Å². The minimum Gasteiger partial charge on any atom is -0.495 e. The monoisotopic (exact) mass is 388 g/mol. The number of benzene rings is 2. The lowest BCUT2D eigenvalue weighted by atomic mass is 10.1. The van der Waals surface area contributed by atoms with Gasteiger partial charge in [0.25, 0.3) is 15.9 Å². The normalized spacial score (nSPS) is 14.3. The van der Waals surface area contributed by atoms with E-state index in [9.17, 15) is 13.2 Å². The highest BCUT2D eigenvalue weighted by Crippen LogP contribution is 2.29. The maximum atomic E-state index is 12.9. The van der Waals surface area contributed by atoms with Crippen molar-refractivity contribution in [3.05, 3.63) is 53.1 Å². The number of hydrogen-bond donors (Lipinski definition) is 1. The summed E-state index contributed by atoms with van der Waals surface area (Å²) in [4.78, 5) is 14.4. The van der Waals surface area contributed by atoms with E-state index in [1.807, 2.05) is 13.8 Å². The van der Waals surface area contributed by atoms with Crippen LogP contribution in [0, 0.1) is 13.8 Å². The molecule has 144 valence electrons. The molecule has 1 aliphatic heterocycles. The Kier molecular flexibility index (Phi) is 5.41. The van der Waals surface area contributed by atoms with Crippen LogP contribution in [-0.4, -0.2) is 39.4 Å². The Morgan fingerprint density at radius 3 is 2.41 bits per heavy atom. The first kappa shape index (κ1) is 19.2. The third-order valence-corrected chi connectivity index (χ3v) is 6.23. The predicted molar refractivity (Wildman–Crippen MR) is 105 cm³/mol. The molecule has 6 nitrogen and oxygen atoms in total. The van der Waals surface area contributed by atoms with Crippen LogP contribution in [0.3, 0.4) is 0 Å². The molecule has 0 spiro atoms. The lowest BCUT2D eigenvalue weighted by molar-refractivity contribution is 0.0793. The zero-order valence-corrected chi connectivity index (χ0v) is 16.6. The van der Waals surface area contributed by atoms with Gasteiger partial charge in [-0.3, -0.25) is 9.52 Å². The van der Waals surface area contributed by atoms with Crippen molar-refractivity contribution in [3.8, 4) is 5.75 Å². The van der Waals surface area contributed by atoms with Crippen molar-refractivity contribution in [2.24, 2.45) is 0 Å². The van der Waals surface area contributed by atoms with Gasteiger partial charge in [0.1, 0.15) is 10.6 Å². The average molecular weight is 388 g/mol. The molecule has 2 aromatic rings. The Balaban J connectivity index is 1.89. The molecule has 1 amide bonds. The number of aryl methyl sites for hydroxylation is 2. The summed E-state index contributed by atoms with van der Waals surface area (Å²) in [5.74, 6) is 0.215. The molecule has 0 aromatic heterocycles. The standard InChI is InChI=1S/C20H24N2O4S/c1-14-11-18(26-3)19(12-15(14)2)27(24,25)21-17-8-6-7-16(13-17)20(23)22-9-4-5-10-22/h6-8,11-13,21H,4-5,9-10H2,1-3H3. The maximum absolute atomic E-state index is 12.9. The van der Waals surface area contributed by atoms with Crippen LogP contribution < -0.4 is 9.46 Å². The second kappa shape index (κ2) is 7.60. The fourth-order valence-electron chi connectivity index (χ4n) is 3.16. The van der Waals surface area contributed by atoms with E-state index in [4.69, 9.17) is 4.74 Å². The van der Waals surface area contributed by atoms with E-state index in [0.717, 1.165) is 37.1 Å². The fourth-order valence-corrected chi connectivity index (χ4v) is 4.45. The number of carbonyl (C=O) groups excluding carboxylic acids is 1. The third-order valence-electron chi connectivity index (χ3n) is 4.82. The molecule has 1 heterocycles. The maximum Gasteiger partial charge on any atom is 0.265 e. The predicted octanol–water partition coefficient (Wildman–Crippen LogP) is 3.35. The highest BCUT2D eigenvalue weighted by molar-refractivity contribution is 7.92. The SMILES string of the molecule is COc1cc(C)c(C)cc1S(=O)(=O)Nc1cccc(C(=O)N2CCCC2)c1. The molecule has 3 rings (SSSR count). The van der Waals surface area contributed by atoms with Crippen LogP contribution in [0.4, 0.5) is 5.69 Å². The minimum atomic E-state index is -3.86. The molecule has 1 N–H and O–H groups in total. The van der Waals surface area contributed by atoms with Gasteiger partial charge in [0.2, 0.25) is 0 Å². The van der Waals surface area contributed by atoms with Crippen molar-refractivity contribution >= 4 is 21.6 Å². The number of hydrogen-bond acceptors (Lipinski definition) is 4. The molecule has 27 heavy (non-hydrogen) atoms. The quantitative estimate of drug-likeness (QED) is 0.852. The first-order valence-corrected chi connectivity index (χ1v) is 10.4. The molecular formula is C20H24N2O4S. The number of amides is 1. The molecular weight excluding hydrogens is 364 g/mol. The van der Waals surface area contributed by atoms with E-state index in [2.05, 4.69) is 4.72 Å². The largest absolute Gasteiger partial charge is 0.495 e. The van der Waals surface area contributed by atoms with Crippen molar-refractivity contribution in [2.75, 3.05) is 24.9 Å². The second-order valence-corrected chi connectivity index (χ2v) is 8.42. The van der Waals surface area contributed by atoms with Crippen LogP contribution in [0.1, 0.15) is 34.3 Å². The summed E-state index contributed by atoms with van der Waals surface area (Å²) in [6.07, 6.45) is 2.01. The lowest BCUT2D eigenvalue weighted by Crippen LogP contribution is -2.27. The topological polar surface area (TPSA) is 75.7 Å². The molecule has 1 saturated heterocycles. The van der Waals surface area contributed by atoms with E-state index < -0.39 is 10.0 Å². The van der Waals surface area contributed by atoms with Crippen LogP contribution in [0.2, 0.25) is 0 Å². The van der Waals surface area contributed by atoms with Gasteiger partial charge in [0, 0.05) is 24.3 Å². The van der Waals surface area contributed by atoms with E-state index >= 15 is 0 Å². The summed E-state index contributed by atoms with van der Waals surface area (Å²) in [5.41, 5.74) is 2.63. The number of sulfonamides is 1. The van der Waals surface area contributed by atoms with Crippen LogP contribution >= 0.6 is 0 Å². The van der Waals surface area contributed by atoms with Gasteiger partial charge in [-0.25, -0.2) is 8.42 Å². The number of ether oxygens (including phenoxy) is 1. The summed E-state index contributed by atoms with van der Waals surface area (Å²) in [6, 6.07) is 9.89. The van der Waals surface area contributed by atoms with Crippen LogP contribution in [0.15, 0.2) is 41.3 Å². The first-order chi connectivity index (χ1) is 12.8. The smallest absolute Gasteiger partial charge is 0.265 e. The molecule has 0 atom stereocenters. The van der Waals surface area contributed by atoms with Gasteiger partial charge >= 0.3 is 0 Å². The molecule has 0 bridgehead atoms. The van der Waals surface area contributed by atoms with Crippen molar-refractivity contribution in [2.45, 2.75) is 31.6 Å². The third kappa shape index (κ3) is 4.08. The fraction of sp³-hybridized carbons (Fsp3) is 0.350. The highest BCUT2D eigenvalue weighted by atomic mass is 32.2. The molecule has 1 aliphatic rings. The number of carbonyl (C=O) groups is 1. The van der Waals surface area contributed by atoms with Gasteiger partial charge < -0.3 is 9.64 Å². The summed E-state index contributed by atoms with van der Waals surface area (Å²) < 4.78 is 33.6. The lowest BCUT2D eigenvalue weighted by Gasteiger charge is -2.17.